The van der Waals surface area contributed by atoms with Crippen LogP contribution in [0.2, 0.25) is 0 Å². The normalized spacial score (nSPS) is 17.9. The Bertz CT molecular complexity index is 1160. The highest BCUT2D eigenvalue weighted by Gasteiger charge is 2.37. The first-order chi connectivity index (χ1) is 14.7. The molecule has 0 aliphatic carbocycles. The third kappa shape index (κ3) is 4.04. The largest absolute Gasteiger partial charge is 0.444 e. The number of rotatable bonds is 4. The molecule has 2 aliphatic heterocycles. The first-order valence-corrected chi connectivity index (χ1v) is 11.9. The molecule has 0 unspecified atom stereocenters. The van der Waals surface area contributed by atoms with Crippen LogP contribution in [0.15, 0.2) is 45.8 Å². The van der Waals surface area contributed by atoms with E-state index in [1.165, 1.54) is 16.4 Å². The Hall–Kier alpha value is -2.50. The summed E-state index contributed by atoms with van der Waals surface area (Å²) in [4.78, 5) is 24.5. The Morgan fingerprint density at radius 3 is 2.55 bits per heavy atom. The van der Waals surface area contributed by atoms with Gasteiger partial charge >= 0.3 is 6.09 Å². The third-order valence-corrected chi connectivity index (χ3v) is 8.17. The minimum absolute atomic E-state index is 0.0623. The molecule has 164 valence electrons. The number of halogens is 1. The summed E-state index contributed by atoms with van der Waals surface area (Å²) in [6, 6.07) is 9.25. The highest BCUT2D eigenvalue weighted by Crippen LogP contribution is 2.35. The van der Waals surface area contributed by atoms with Crippen molar-refractivity contribution >= 4 is 43.4 Å². The number of benzene rings is 2. The highest BCUT2D eigenvalue weighted by molar-refractivity contribution is 9.10. The van der Waals surface area contributed by atoms with Crippen molar-refractivity contribution in [3.63, 3.8) is 0 Å². The quantitative estimate of drug-likeness (QED) is 0.455. The molecule has 11 heteroatoms. The molecule has 0 saturated carbocycles. The Balaban J connectivity index is 1.55. The number of carbonyl (C=O) groups excluding carboxylic acids is 1. The van der Waals surface area contributed by atoms with E-state index in [0.29, 0.717) is 18.4 Å². The highest BCUT2D eigenvalue weighted by atomic mass is 79.9. The summed E-state index contributed by atoms with van der Waals surface area (Å²) < 4.78 is 33.8. The molecule has 31 heavy (non-hydrogen) atoms. The molecule has 1 saturated heterocycles. The topological polar surface area (TPSA) is 110 Å². The van der Waals surface area contributed by atoms with Gasteiger partial charge in [0.15, 0.2) is 0 Å². The number of cyclic esters (lactones) is 1. The predicted octanol–water partition coefficient (Wildman–Crippen LogP) is 3.98. The number of nitro groups is 1. The van der Waals surface area contributed by atoms with Crippen molar-refractivity contribution < 1.29 is 22.9 Å². The molecule has 2 aromatic carbocycles. The molecule has 2 aliphatic rings. The molecular formula is C20H20BrN3O6S. The number of nitro benzene ring substituents is 1. The average molecular weight is 510 g/mol. The van der Waals surface area contributed by atoms with E-state index in [-0.39, 0.29) is 36.3 Å². The summed E-state index contributed by atoms with van der Waals surface area (Å²) in [6.07, 6.45) is 0.418. The smallest absolute Gasteiger partial charge is 0.414 e. The van der Waals surface area contributed by atoms with Crippen LogP contribution in [-0.4, -0.2) is 42.9 Å². The fourth-order valence-electron chi connectivity index (χ4n) is 4.02. The number of hydrogen-bond acceptors (Lipinski definition) is 6. The lowest BCUT2D eigenvalue weighted by Crippen LogP contribution is -2.50. The van der Waals surface area contributed by atoms with E-state index in [9.17, 15) is 23.3 Å². The molecule has 0 bridgehead atoms. The van der Waals surface area contributed by atoms with Gasteiger partial charge in [-0.1, -0.05) is 22.0 Å². The van der Waals surface area contributed by atoms with Gasteiger partial charge in [-0.3, -0.25) is 15.0 Å². The molecule has 0 atom stereocenters. The van der Waals surface area contributed by atoms with Gasteiger partial charge in [0.1, 0.15) is 6.61 Å². The molecule has 0 spiro atoms. The van der Waals surface area contributed by atoms with Gasteiger partial charge in [0.05, 0.1) is 15.5 Å². The average Bonchev–Trinajstić information content (AvgIpc) is 2.74. The van der Waals surface area contributed by atoms with Gasteiger partial charge in [0.25, 0.3) is 5.69 Å². The fraction of sp³-hybridized carbons (Fsp3) is 0.350. The standard InChI is InChI=1S/C20H20BrN3O6S/c1-13-2-4-17(24(26)27)11-19(13)31(28,29)22-8-6-16(7-9-22)23-18-5-3-15(21)10-14(18)12-30-20(23)25/h2-5,10-11,16H,6-9,12H2,1H3. The molecule has 0 N–H and O–H groups in total. The Morgan fingerprint density at radius 2 is 1.87 bits per heavy atom. The van der Waals surface area contributed by atoms with Crippen LogP contribution in [-0.2, 0) is 21.4 Å². The zero-order valence-corrected chi connectivity index (χ0v) is 19.1. The van der Waals surface area contributed by atoms with Gasteiger partial charge in [-0.2, -0.15) is 4.31 Å². The second-order valence-corrected chi connectivity index (χ2v) is 10.4. The van der Waals surface area contributed by atoms with E-state index in [0.717, 1.165) is 21.8 Å². The first kappa shape index (κ1) is 21.7. The number of piperidine rings is 1. The predicted molar refractivity (Wildman–Crippen MR) is 116 cm³/mol. The van der Waals surface area contributed by atoms with Crippen molar-refractivity contribution in [2.24, 2.45) is 0 Å². The maximum Gasteiger partial charge on any atom is 0.414 e. The first-order valence-electron chi connectivity index (χ1n) is 9.68. The molecule has 2 heterocycles. The summed E-state index contributed by atoms with van der Waals surface area (Å²) >= 11 is 3.42. The van der Waals surface area contributed by atoms with Crippen LogP contribution >= 0.6 is 15.9 Å². The van der Waals surface area contributed by atoms with E-state index in [1.54, 1.807) is 11.8 Å². The zero-order chi connectivity index (χ0) is 22.3. The van der Waals surface area contributed by atoms with Crippen molar-refractivity contribution in [2.75, 3.05) is 18.0 Å². The number of nitrogens with zero attached hydrogens (tertiary/aromatic N) is 3. The fourth-order valence-corrected chi connectivity index (χ4v) is 6.14. The summed E-state index contributed by atoms with van der Waals surface area (Å²) in [7, 11) is -3.89. The van der Waals surface area contributed by atoms with E-state index in [2.05, 4.69) is 15.9 Å². The van der Waals surface area contributed by atoms with Crippen molar-refractivity contribution in [2.45, 2.75) is 37.3 Å². The summed E-state index contributed by atoms with van der Waals surface area (Å²) in [6.45, 7) is 2.21. The van der Waals surface area contributed by atoms with Crippen molar-refractivity contribution in [1.82, 2.24) is 4.31 Å². The number of anilines is 1. The minimum Gasteiger partial charge on any atom is -0.444 e. The maximum absolute atomic E-state index is 13.2. The number of fused-ring (bicyclic) bond motifs is 1. The van der Waals surface area contributed by atoms with Crippen LogP contribution in [0.4, 0.5) is 16.2 Å². The van der Waals surface area contributed by atoms with Crippen molar-refractivity contribution in [3.05, 3.63) is 62.1 Å². The lowest BCUT2D eigenvalue weighted by Gasteiger charge is -2.39. The lowest BCUT2D eigenvalue weighted by molar-refractivity contribution is -0.385. The van der Waals surface area contributed by atoms with Crippen LogP contribution in [0, 0.1) is 17.0 Å². The molecule has 1 fully saturated rings. The number of ether oxygens (including phenoxy) is 1. The number of aryl methyl sites for hydroxylation is 1. The van der Waals surface area contributed by atoms with Crippen LogP contribution in [0.25, 0.3) is 0 Å². The van der Waals surface area contributed by atoms with E-state index in [1.807, 2.05) is 18.2 Å². The molecular weight excluding hydrogens is 490 g/mol. The van der Waals surface area contributed by atoms with Crippen LogP contribution in [0.3, 0.4) is 0 Å². The lowest BCUT2D eigenvalue weighted by atomic mass is 10.0. The van der Waals surface area contributed by atoms with Gasteiger partial charge < -0.3 is 4.74 Å². The maximum atomic E-state index is 13.2. The molecule has 0 aromatic heterocycles. The molecule has 9 nitrogen and oxygen atoms in total. The number of sulfonamides is 1. The summed E-state index contributed by atoms with van der Waals surface area (Å²) in [5.74, 6) is 0. The van der Waals surface area contributed by atoms with Gasteiger partial charge in [0.2, 0.25) is 10.0 Å². The summed E-state index contributed by atoms with van der Waals surface area (Å²) in [5, 5.41) is 11.1. The number of carbonyl (C=O) groups is 1. The van der Waals surface area contributed by atoms with Gasteiger partial charge in [0, 0.05) is 41.3 Å². The number of amides is 1. The number of hydrogen-bond donors (Lipinski definition) is 0. The van der Waals surface area contributed by atoms with Crippen LogP contribution in [0.5, 0.6) is 0 Å². The van der Waals surface area contributed by atoms with Crippen LogP contribution in [0.1, 0.15) is 24.0 Å². The molecule has 0 radical (unpaired) electrons. The molecule has 2 aromatic rings. The second kappa shape index (κ2) is 8.21. The van der Waals surface area contributed by atoms with Crippen LogP contribution < -0.4 is 4.90 Å². The van der Waals surface area contributed by atoms with Crippen molar-refractivity contribution in [1.29, 1.82) is 0 Å². The Kier molecular flexibility index (Phi) is 5.75. The third-order valence-electron chi connectivity index (χ3n) is 5.64. The van der Waals surface area contributed by atoms with E-state index < -0.39 is 21.0 Å². The Labute approximate surface area is 187 Å². The van der Waals surface area contributed by atoms with E-state index in [4.69, 9.17) is 4.74 Å². The van der Waals surface area contributed by atoms with Gasteiger partial charge in [-0.15, -0.1) is 0 Å². The molecule has 1 amide bonds. The zero-order valence-electron chi connectivity index (χ0n) is 16.7. The minimum atomic E-state index is -3.89. The van der Waals surface area contributed by atoms with E-state index >= 15 is 0 Å². The number of non-ortho nitro benzene ring substituents is 1. The van der Waals surface area contributed by atoms with Gasteiger partial charge in [-0.25, -0.2) is 13.2 Å². The summed E-state index contributed by atoms with van der Waals surface area (Å²) in [5.41, 5.74) is 1.84. The monoisotopic (exact) mass is 509 g/mol. The molecule has 4 rings (SSSR count). The van der Waals surface area contributed by atoms with Crippen molar-refractivity contribution in [3.8, 4) is 0 Å². The Morgan fingerprint density at radius 1 is 1.16 bits per heavy atom. The van der Waals surface area contributed by atoms with Gasteiger partial charge in [-0.05, 0) is 43.5 Å². The second-order valence-electron chi connectivity index (χ2n) is 7.54. The SMILES string of the molecule is Cc1ccc([N+](=O)[O-])cc1S(=O)(=O)N1CCC(N2C(=O)OCc3cc(Br)ccc32)CC1.